The molecule has 0 aliphatic heterocycles. The molecule has 1 heterocycles. The lowest BCUT2D eigenvalue weighted by atomic mass is 10.3. The molecule has 5 heteroatoms. The standard InChI is InChI=1S/C11H18N4S/c1-6(2)16-11-7(3)9(15-12)13-10(14-11)8-4-5-8/h6,8H,4-5,12H2,1-3H3,(H,13,14,15). The SMILES string of the molecule is Cc1c(NN)nc(C2CC2)nc1SC(C)C. The van der Waals surface area contributed by atoms with Crippen molar-refractivity contribution in [3.05, 3.63) is 11.4 Å². The van der Waals surface area contributed by atoms with Crippen LogP contribution in [0.4, 0.5) is 5.82 Å². The first-order chi connectivity index (χ1) is 7.61. The highest BCUT2D eigenvalue weighted by atomic mass is 32.2. The zero-order valence-electron chi connectivity index (χ0n) is 9.95. The van der Waals surface area contributed by atoms with E-state index in [1.165, 1.54) is 12.8 Å². The fourth-order valence-corrected chi connectivity index (χ4v) is 2.38. The first kappa shape index (κ1) is 11.7. The number of nitrogens with zero attached hydrogens (tertiary/aromatic N) is 2. The Morgan fingerprint density at radius 2 is 2.06 bits per heavy atom. The van der Waals surface area contributed by atoms with Gasteiger partial charge < -0.3 is 5.43 Å². The van der Waals surface area contributed by atoms with Crippen molar-refractivity contribution < 1.29 is 0 Å². The molecule has 88 valence electrons. The summed E-state index contributed by atoms with van der Waals surface area (Å²) in [4.78, 5) is 9.10. The van der Waals surface area contributed by atoms with E-state index in [2.05, 4.69) is 29.2 Å². The van der Waals surface area contributed by atoms with Crippen LogP contribution in [0.3, 0.4) is 0 Å². The van der Waals surface area contributed by atoms with E-state index in [0.29, 0.717) is 11.2 Å². The average Bonchev–Trinajstić information content (AvgIpc) is 3.04. The van der Waals surface area contributed by atoms with Crippen LogP contribution in [0.2, 0.25) is 0 Å². The van der Waals surface area contributed by atoms with Gasteiger partial charge in [-0.05, 0) is 19.8 Å². The molecule has 1 fully saturated rings. The van der Waals surface area contributed by atoms with Crippen LogP contribution in [0.15, 0.2) is 5.03 Å². The molecule has 0 saturated heterocycles. The molecular formula is C11H18N4S. The molecule has 0 radical (unpaired) electrons. The van der Waals surface area contributed by atoms with Gasteiger partial charge in [0.25, 0.3) is 0 Å². The summed E-state index contributed by atoms with van der Waals surface area (Å²) in [5.41, 5.74) is 3.71. The summed E-state index contributed by atoms with van der Waals surface area (Å²) in [7, 11) is 0. The predicted octanol–water partition coefficient (Wildman–Crippen LogP) is 2.45. The molecule has 16 heavy (non-hydrogen) atoms. The van der Waals surface area contributed by atoms with E-state index < -0.39 is 0 Å². The summed E-state index contributed by atoms with van der Waals surface area (Å²) in [5, 5.41) is 1.58. The number of hydrogen-bond donors (Lipinski definition) is 2. The van der Waals surface area contributed by atoms with Gasteiger partial charge >= 0.3 is 0 Å². The molecule has 1 aliphatic carbocycles. The molecule has 2 rings (SSSR count). The second-order valence-corrected chi connectivity index (χ2v) is 6.01. The van der Waals surface area contributed by atoms with Crippen molar-refractivity contribution in [1.82, 2.24) is 9.97 Å². The maximum Gasteiger partial charge on any atom is 0.147 e. The summed E-state index contributed by atoms with van der Waals surface area (Å²) in [6, 6.07) is 0. The first-order valence-corrected chi connectivity index (χ1v) is 6.51. The zero-order valence-corrected chi connectivity index (χ0v) is 10.8. The van der Waals surface area contributed by atoms with Gasteiger partial charge in [0.15, 0.2) is 0 Å². The molecule has 1 aromatic heterocycles. The van der Waals surface area contributed by atoms with Crippen LogP contribution >= 0.6 is 11.8 Å². The molecule has 0 atom stereocenters. The zero-order chi connectivity index (χ0) is 11.7. The number of nitrogens with one attached hydrogen (secondary N) is 1. The van der Waals surface area contributed by atoms with E-state index in [1.807, 2.05) is 6.92 Å². The number of rotatable bonds is 4. The van der Waals surface area contributed by atoms with Crippen LogP contribution in [0.25, 0.3) is 0 Å². The van der Waals surface area contributed by atoms with Gasteiger partial charge in [-0.2, -0.15) is 0 Å². The molecule has 3 N–H and O–H groups in total. The van der Waals surface area contributed by atoms with Gasteiger partial charge in [0.05, 0.1) is 0 Å². The Labute approximate surface area is 100 Å². The number of nitrogen functional groups attached to an aromatic ring is 1. The Hall–Kier alpha value is -0.810. The molecule has 1 saturated carbocycles. The maximum atomic E-state index is 5.49. The summed E-state index contributed by atoms with van der Waals surface area (Å²) < 4.78 is 0. The predicted molar refractivity (Wildman–Crippen MR) is 67.5 cm³/mol. The van der Waals surface area contributed by atoms with E-state index >= 15 is 0 Å². The van der Waals surface area contributed by atoms with Crippen LogP contribution in [-0.2, 0) is 0 Å². The third-order valence-electron chi connectivity index (χ3n) is 2.55. The van der Waals surface area contributed by atoms with Crippen LogP contribution in [0.1, 0.15) is 44.0 Å². The molecule has 0 amide bonds. The third-order valence-corrected chi connectivity index (χ3v) is 3.64. The lowest BCUT2D eigenvalue weighted by Gasteiger charge is -2.12. The summed E-state index contributed by atoms with van der Waals surface area (Å²) in [5.74, 6) is 7.76. The minimum atomic E-state index is 0.520. The summed E-state index contributed by atoms with van der Waals surface area (Å²) >= 11 is 1.77. The average molecular weight is 238 g/mol. The van der Waals surface area contributed by atoms with Crippen LogP contribution < -0.4 is 11.3 Å². The Balaban J connectivity index is 2.36. The molecular weight excluding hydrogens is 220 g/mol. The number of anilines is 1. The third kappa shape index (κ3) is 2.47. The van der Waals surface area contributed by atoms with Gasteiger partial charge in [-0.25, -0.2) is 15.8 Å². The van der Waals surface area contributed by atoms with Crippen molar-refractivity contribution in [3.63, 3.8) is 0 Å². The number of nitrogens with two attached hydrogens (primary N) is 1. The highest BCUT2D eigenvalue weighted by molar-refractivity contribution is 7.99. The largest absolute Gasteiger partial charge is 0.308 e. The topological polar surface area (TPSA) is 63.8 Å². The molecule has 1 aromatic rings. The van der Waals surface area contributed by atoms with Crippen molar-refractivity contribution in [2.75, 3.05) is 5.43 Å². The van der Waals surface area contributed by atoms with Crippen LogP contribution in [-0.4, -0.2) is 15.2 Å². The number of aromatic nitrogens is 2. The fourth-order valence-electron chi connectivity index (χ4n) is 1.52. The van der Waals surface area contributed by atoms with Crippen molar-refractivity contribution in [3.8, 4) is 0 Å². The van der Waals surface area contributed by atoms with Crippen molar-refractivity contribution >= 4 is 17.6 Å². The van der Waals surface area contributed by atoms with E-state index in [4.69, 9.17) is 5.84 Å². The fraction of sp³-hybridized carbons (Fsp3) is 0.636. The molecule has 0 unspecified atom stereocenters. The molecule has 4 nitrogen and oxygen atoms in total. The molecule has 0 spiro atoms. The molecule has 1 aliphatic rings. The normalized spacial score (nSPS) is 15.6. The lowest BCUT2D eigenvalue weighted by Crippen LogP contribution is -2.13. The minimum absolute atomic E-state index is 0.520. The van der Waals surface area contributed by atoms with E-state index in [1.54, 1.807) is 11.8 Å². The highest BCUT2D eigenvalue weighted by Crippen LogP contribution is 2.40. The Kier molecular flexibility index (Phi) is 3.35. The number of hydrogen-bond acceptors (Lipinski definition) is 5. The summed E-state index contributed by atoms with van der Waals surface area (Å²) in [6.45, 7) is 6.34. The van der Waals surface area contributed by atoms with E-state index in [0.717, 1.165) is 22.2 Å². The van der Waals surface area contributed by atoms with Crippen LogP contribution in [0.5, 0.6) is 0 Å². The second kappa shape index (κ2) is 4.59. The molecule has 0 aromatic carbocycles. The van der Waals surface area contributed by atoms with Gasteiger partial charge in [-0.1, -0.05) is 13.8 Å². The molecule has 0 bridgehead atoms. The van der Waals surface area contributed by atoms with Gasteiger partial charge in [0, 0.05) is 16.7 Å². The quantitative estimate of drug-likeness (QED) is 0.365. The second-order valence-electron chi connectivity index (χ2n) is 4.45. The summed E-state index contributed by atoms with van der Waals surface area (Å²) in [6.07, 6.45) is 2.41. The highest BCUT2D eigenvalue weighted by Gasteiger charge is 2.28. The lowest BCUT2D eigenvalue weighted by molar-refractivity contribution is 0.859. The van der Waals surface area contributed by atoms with Crippen molar-refractivity contribution in [2.45, 2.75) is 49.8 Å². The Morgan fingerprint density at radius 1 is 1.38 bits per heavy atom. The van der Waals surface area contributed by atoms with Crippen molar-refractivity contribution in [2.24, 2.45) is 5.84 Å². The monoisotopic (exact) mass is 238 g/mol. The Morgan fingerprint density at radius 3 is 2.56 bits per heavy atom. The first-order valence-electron chi connectivity index (χ1n) is 5.63. The van der Waals surface area contributed by atoms with Gasteiger partial charge in [0.2, 0.25) is 0 Å². The smallest absolute Gasteiger partial charge is 0.147 e. The maximum absolute atomic E-state index is 5.49. The van der Waals surface area contributed by atoms with E-state index in [-0.39, 0.29) is 0 Å². The minimum Gasteiger partial charge on any atom is -0.308 e. The number of hydrazine groups is 1. The van der Waals surface area contributed by atoms with Crippen molar-refractivity contribution in [1.29, 1.82) is 0 Å². The van der Waals surface area contributed by atoms with Gasteiger partial charge in [0.1, 0.15) is 16.7 Å². The van der Waals surface area contributed by atoms with E-state index in [9.17, 15) is 0 Å². The van der Waals surface area contributed by atoms with Crippen LogP contribution in [0, 0.1) is 6.92 Å². The number of thioether (sulfide) groups is 1. The van der Waals surface area contributed by atoms with Gasteiger partial charge in [-0.3, -0.25) is 0 Å². The van der Waals surface area contributed by atoms with Gasteiger partial charge in [-0.15, -0.1) is 11.8 Å². The Bertz CT molecular complexity index is 388.